The molecule has 1 N–H and O–H groups in total. The highest BCUT2D eigenvalue weighted by molar-refractivity contribution is 8.14. The van der Waals surface area contributed by atoms with Gasteiger partial charge in [-0.3, -0.25) is 4.99 Å². The summed E-state index contributed by atoms with van der Waals surface area (Å²) in [6.07, 6.45) is 8.11. The zero-order valence-electron chi connectivity index (χ0n) is 12.1. The van der Waals surface area contributed by atoms with Gasteiger partial charge >= 0.3 is 0 Å². The first kappa shape index (κ1) is 14.2. The molecule has 0 bridgehead atoms. The SMILES string of the molecule is CCCC1CN=C(NC2CCCCC2C(C)C)S1. The van der Waals surface area contributed by atoms with Gasteiger partial charge in [0, 0.05) is 11.3 Å². The second kappa shape index (κ2) is 6.83. The number of amidine groups is 1. The number of hydrogen-bond donors (Lipinski definition) is 1. The molecule has 2 rings (SSSR count). The van der Waals surface area contributed by atoms with Gasteiger partial charge in [-0.25, -0.2) is 0 Å². The van der Waals surface area contributed by atoms with Crippen molar-refractivity contribution in [2.45, 2.75) is 70.6 Å². The maximum Gasteiger partial charge on any atom is 0.157 e. The topological polar surface area (TPSA) is 24.4 Å². The Balaban J connectivity index is 1.84. The lowest BCUT2D eigenvalue weighted by molar-refractivity contribution is 0.225. The molecule has 1 aliphatic heterocycles. The van der Waals surface area contributed by atoms with Gasteiger partial charge in [-0.15, -0.1) is 0 Å². The van der Waals surface area contributed by atoms with Gasteiger partial charge in [0.1, 0.15) is 0 Å². The third-order valence-electron chi connectivity index (χ3n) is 4.31. The largest absolute Gasteiger partial charge is 0.362 e. The molecule has 2 nitrogen and oxygen atoms in total. The van der Waals surface area contributed by atoms with E-state index in [1.807, 2.05) is 11.8 Å². The van der Waals surface area contributed by atoms with Crippen molar-refractivity contribution in [3.8, 4) is 0 Å². The van der Waals surface area contributed by atoms with E-state index >= 15 is 0 Å². The average molecular weight is 268 g/mol. The molecule has 2 aliphatic rings. The molecule has 0 radical (unpaired) electrons. The highest BCUT2D eigenvalue weighted by Crippen LogP contribution is 2.32. The molecule has 0 aromatic rings. The zero-order valence-corrected chi connectivity index (χ0v) is 12.9. The Hall–Kier alpha value is -0.180. The monoisotopic (exact) mass is 268 g/mol. The van der Waals surface area contributed by atoms with Crippen molar-refractivity contribution in [2.24, 2.45) is 16.8 Å². The number of rotatable bonds is 4. The summed E-state index contributed by atoms with van der Waals surface area (Å²) in [5.41, 5.74) is 0. The molecule has 0 spiro atoms. The van der Waals surface area contributed by atoms with E-state index in [0.29, 0.717) is 6.04 Å². The average Bonchev–Trinajstić information content (AvgIpc) is 2.77. The molecule has 0 saturated heterocycles. The molecular weight excluding hydrogens is 240 g/mol. The van der Waals surface area contributed by atoms with Crippen LogP contribution >= 0.6 is 11.8 Å². The fourth-order valence-electron chi connectivity index (χ4n) is 3.26. The lowest BCUT2D eigenvalue weighted by atomic mass is 9.78. The molecular formula is C15H28N2S. The van der Waals surface area contributed by atoms with Gasteiger partial charge in [0.25, 0.3) is 0 Å². The number of nitrogens with one attached hydrogen (secondary N) is 1. The molecule has 1 aliphatic carbocycles. The van der Waals surface area contributed by atoms with Crippen LogP contribution in [0.5, 0.6) is 0 Å². The maximum absolute atomic E-state index is 4.69. The summed E-state index contributed by atoms with van der Waals surface area (Å²) in [6.45, 7) is 8.03. The molecule has 1 heterocycles. The third-order valence-corrected chi connectivity index (χ3v) is 5.50. The van der Waals surface area contributed by atoms with Crippen LogP contribution < -0.4 is 5.32 Å². The Morgan fingerprint density at radius 2 is 2.11 bits per heavy atom. The van der Waals surface area contributed by atoms with Gasteiger partial charge in [0.15, 0.2) is 5.17 Å². The van der Waals surface area contributed by atoms with Crippen molar-refractivity contribution in [2.75, 3.05) is 6.54 Å². The van der Waals surface area contributed by atoms with Crippen LogP contribution in [-0.2, 0) is 0 Å². The highest BCUT2D eigenvalue weighted by Gasteiger charge is 2.29. The van der Waals surface area contributed by atoms with Gasteiger partial charge in [-0.2, -0.15) is 0 Å². The second-order valence-electron chi connectivity index (χ2n) is 6.12. The Bertz CT molecular complexity index is 288. The maximum atomic E-state index is 4.69. The minimum atomic E-state index is 0.672. The third kappa shape index (κ3) is 3.66. The molecule has 0 aromatic carbocycles. The molecule has 18 heavy (non-hydrogen) atoms. The van der Waals surface area contributed by atoms with Crippen LogP contribution in [0.25, 0.3) is 0 Å². The van der Waals surface area contributed by atoms with E-state index in [9.17, 15) is 0 Å². The van der Waals surface area contributed by atoms with Crippen molar-refractivity contribution in [1.29, 1.82) is 0 Å². The predicted octanol–water partition coefficient (Wildman–Crippen LogP) is 4.06. The number of nitrogens with zero attached hydrogens (tertiary/aromatic N) is 1. The van der Waals surface area contributed by atoms with Crippen LogP contribution in [0, 0.1) is 11.8 Å². The van der Waals surface area contributed by atoms with E-state index in [1.165, 1.54) is 43.7 Å². The molecule has 1 saturated carbocycles. The normalized spacial score (nSPS) is 32.7. The molecule has 3 atom stereocenters. The van der Waals surface area contributed by atoms with Crippen molar-refractivity contribution < 1.29 is 0 Å². The summed E-state index contributed by atoms with van der Waals surface area (Å²) < 4.78 is 0. The van der Waals surface area contributed by atoms with Gasteiger partial charge in [0.2, 0.25) is 0 Å². The lowest BCUT2D eigenvalue weighted by Crippen LogP contribution is -2.42. The molecule has 0 aromatic heterocycles. The summed E-state index contributed by atoms with van der Waals surface area (Å²) in [4.78, 5) is 4.69. The number of hydrogen-bond acceptors (Lipinski definition) is 3. The molecule has 1 fully saturated rings. The summed E-state index contributed by atoms with van der Waals surface area (Å²) in [5.74, 6) is 1.63. The van der Waals surface area contributed by atoms with Crippen molar-refractivity contribution in [1.82, 2.24) is 5.32 Å². The van der Waals surface area contributed by atoms with Gasteiger partial charge in [0.05, 0.1) is 6.54 Å². The summed E-state index contributed by atoms with van der Waals surface area (Å²) in [6, 6.07) is 0.672. The lowest BCUT2D eigenvalue weighted by Gasteiger charge is -2.35. The predicted molar refractivity (Wildman–Crippen MR) is 82.3 cm³/mol. The van der Waals surface area contributed by atoms with Crippen LogP contribution in [0.15, 0.2) is 4.99 Å². The number of thioether (sulfide) groups is 1. The first-order chi connectivity index (χ1) is 8.70. The van der Waals surface area contributed by atoms with E-state index in [1.54, 1.807) is 0 Å². The van der Waals surface area contributed by atoms with Gasteiger partial charge in [-0.05, 0) is 31.1 Å². The van der Waals surface area contributed by atoms with Crippen LogP contribution in [0.2, 0.25) is 0 Å². The van der Waals surface area contributed by atoms with Gasteiger partial charge in [-0.1, -0.05) is 51.8 Å². The minimum Gasteiger partial charge on any atom is -0.362 e. The fourth-order valence-corrected chi connectivity index (χ4v) is 4.45. The quantitative estimate of drug-likeness (QED) is 0.831. The Morgan fingerprint density at radius 1 is 1.33 bits per heavy atom. The fraction of sp³-hybridized carbons (Fsp3) is 0.933. The standard InChI is InChI=1S/C15H28N2S/c1-4-7-12-10-16-15(18-12)17-14-9-6-5-8-13(14)11(2)3/h11-14H,4-10H2,1-3H3,(H,16,17). The van der Waals surface area contributed by atoms with Crippen LogP contribution in [0.3, 0.4) is 0 Å². The van der Waals surface area contributed by atoms with Crippen molar-refractivity contribution >= 4 is 16.9 Å². The van der Waals surface area contributed by atoms with E-state index in [4.69, 9.17) is 4.99 Å². The zero-order chi connectivity index (χ0) is 13.0. The van der Waals surface area contributed by atoms with Crippen molar-refractivity contribution in [3.05, 3.63) is 0 Å². The molecule has 3 unspecified atom stereocenters. The smallest absolute Gasteiger partial charge is 0.157 e. The Kier molecular flexibility index (Phi) is 5.40. The van der Waals surface area contributed by atoms with Crippen molar-refractivity contribution in [3.63, 3.8) is 0 Å². The molecule has 3 heteroatoms. The minimum absolute atomic E-state index is 0.672. The van der Waals surface area contributed by atoms with Crippen LogP contribution in [-0.4, -0.2) is 23.0 Å². The Labute approximate surface area is 116 Å². The van der Waals surface area contributed by atoms with Gasteiger partial charge < -0.3 is 5.32 Å². The van der Waals surface area contributed by atoms with E-state index in [0.717, 1.165) is 23.6 Å². The Morgan fingerprint density at radius 3 is 2.83 bits per heavy atom. The van der Waals surface area contributed by atoms with E-state index in [-0.39, 0.29) is 0 Å². The first-order valence-electron chi connectivity index (χ1n) is 7.68. The summed E-state index contributed by atoms with van der Waals surface area (Å²) in [5, 5.41) is 5.71. The van der Waals surface area contributed by atoms with E-state index < -0.39 is 0 Å². The second-order valence-corrected chi connectivity index (χ2v) is 7.41. The number of aliphatic imine (C=N–C) groups is 1. The molecule has 0 amide bonds. The summed E-state index contributed by atoms with van der Waals surface area (Å²) >= 11 is 1.98. The summed E-state index contributed by atoms with van der Waals surface area (Å²) in [7, 11) is 0. The molecule has 104 valence electrons. The van der Waals surface area contributed by atoms with Crippen LogP contribution in [0.4, 0.5) is 0 Å². The van der Waals surface area contributed by atoms with E-state index in [2.05, 4.69) is 26.1 Å². The first-order valence-corrected chi connectivity index (χ1v) is 8.56. The highest BCUT2D eigenvalue weighted by atomic mass is 32.2. The van der Waals surface area contributed by atoms with Crippen LogP contribution in [0.1, 0.15) is 59.3 Å².